The second kappa shape index (κ2) is 6.07. The molecule has 1 aliphatic rings. The van der Waals surface area contributed by atoms with Crippen LogP contribution in [0.15, 0.2) is 11.1 Å². The lowest BCUT2D eigenvalue weighted by Gasteiger charge is -2.21. The van der Waals surface area contributed by atoms with Crippen molar-refractivity contribution in [2.75, 3.05) is 5.75 Å². The Morgan fingerprint density at radius 2 is 2.47 bits per heavy atom. The number of nitriles is 1. The van der Waals surface area contributed by atoms with E-state index in [9.17, 15) is 10.1 Å². The highest BCUT2D eigenvalue weighted by Gasteiger charge is 2.19. The number of hydrogen-bond acceptors (Lipinski definition) is 4. The Bertz CT molecular complexity index is 537. The van der Waals surface area contributed by atoms with E-state index in [1.54, 1.807) is 0 Å². The number of aliphatic carboxylic acids is 1. The van der Waals surface area contributed by atoms with Crippen molar-refractivity contribution in [1.29, 1.82) is 5.26 Å². The lowest BCUT2D eigenvalue weighted by Crippen LogP contribution is -2.14. The molecule has 1 unspecified atom stereocenters. The van der Waals surface area contributed by atoms with E-state index in [2.05, 4.69) is 18.0 Å². The summed E-state index contributed by atoms with van der Waals surface area (Å²) >= 11 is 1.36. The summed E-state index contributed by atoms with van der Waals surface area (Å²) in [6, 6.07) is 4.10. The molecular formula is C14H16N2O2S. The quantitative estimate of drug-likeness (QED) is 0.856. The van der Waals surface area contributed by atoms with Crippen molar-refractivity contribution in [3.63, 3.8) is 0 Å². The summed E-state index contributed by atoms with van der Waals surface area (Å²) < 4.78 is 0. The lowest BCUT2D eigenvalue weighted by atomic mass is 9.87. The fraction of sp³-hybridized carbons (Fsp3) is 0.500. The number of hydrogen-bond donors (Lipinski definition) is 1. The molecule has 4 nitrogen and oxygen atoms in total. The highest BCUT2D eigenvalue weighted by atomic mass is 32.2. The molecule has 0 radical (unpaired) electrons. The highest BCUT2D eigenvalue weighted by molar-refractivity contribution is 7.99. The third kappa shape index (κ3) is 3.48. The molecule has 0 aliphatic heterocycles. The lowest BCUT2D eigenvalue weighted by molar-refractivity contribution is -0.136. The molecule has 2 rings (SSSR count). The smallest absolute Gasteiger partial charge is 0.304 e. The Morgan fingerprint density at radius 3 is 3.16 bits per heavy atom. The van der Waals surface area contributed by atoms with Gasteiger partial charge in [0.1, 0.15) is 11.1 Å². The number of aryl methyl sites for hydroxylation is 1. The maximum Gasteiger partial charge on any atom is 0.304 e. The van der Waals surface area contributed by atoms with Crippen LogP contribution in [0, 0.1) is 17.2 Å². The fourth-order valence-electron chi connectivity index (χ4n) is 2.25. The van der Waals surface area contributed by atoms with Crippen molar-refractivity contribution >= 4 is 17.7 Å². The van der Waals surface area contributed by atoms with Crippen molar-refractivity contribution in [2.45, 2.75) is 37.6 Å². The number of nitrogens with zero attached hydrogens (tertiary/aromatic N) is 2. The van der Waals surface area contributed by atoms with E-state index in [4.69, 9.17) is 5.11 Å². The summed E-state index contributed by atoms with van der Waals surface area (Å²) in [6.07, 6.45) is 3.16. The van der Waals surface area contributed by atoms with E-state index >= 15 is 0 Å². The Balaban J connectivity index is 2.19. The predicted octanol–water partition coefficient (Wildman–Crippen LogP) is 2.64. The SMILES string of the molecule is CC1CCc2nc(SCCC(=O)O)c(C#N)cc2C1. The molecule has 1 heterocycles. The maximum absolute atomic E-state index is 10.5. The molecule has 1 atom stereocenters. The van der Waals surface area contributed by atoms with Crippen molar-refractivity contribution in [1.82, 2.24) is 4.98 Å². The van der Waals surface area contributed by atoms with E-state index in [-0.39, 0.29) is 6.42 Å². The molecule has 100 valence electrons. The Labute approximate surface area is 116 Å². The predicted molar refractivity (Wildman–Crippen MR) is 73.1 cm³/mol. The molecule has 1 aliphatic carbocycles. The van der Waals surface area contributed by atoms with Gasteiger partial charge < -0.3 is 5.11 Å². The van der Waals surface area contributed by atoms with Crippen LogP contribution >= 0.6 is 11.8 Å². The summed E-state index contributed by atoms with van der Waals surface area (Å²) in [5, 5.41) is 18.5. The molecular weight excluding hydrogens is 260 g/mol. The molecule has 5 heteroatoms. The molecule has 0 spiro atoms. The van der Waals surface area contributed by atoms with Crippen molar-refractivity contribution in [3.8, 4) is 6.07 Å². The molecule has 1 aromatic rings. The van der Waals surface area contributed by atoms with Crippen LogP contribution in [0.3, 0.4) is 0 Å². The van der Waals surface area contributed by atoms with E-state index < -0.39 is 5.97 Å². The van der Waals surface area contributed by atoms with Crippen LogP contribution in [-0.4, -0.2) is 21.8 Å². The van der Waals surface area contributed by atoms with E-state index in [0.29, 0.717) is 22.3 Å². The fourth-order valence-corrected chi connectivity index (χ4v) is 3.16. The van der Waals surface area contributed by atoms with Gasteiger partial charge in [-0.15, -0.1) is 11.8 Å². The Kier molecular flexibility index (Phi) is 4.43. The Hall–Kier alpha value is -1.54. The molecule has 0 bridgehead atoms. The molecule has 0 amide bonds. The number of carbonyl (C=O) groups is 1. The zero-order valence-electron chi connectivity index (χ0n) is 10.8. The largest absolute Gasteiger partial charge is 0.481 e. The van der Waals surface area contributed by atoms with Crippen LogP contribution in [0.2, 0.25) is 0 Å². The van der Waals surface area contributed by atoms with Crippen LogP contribution in [0.4, 0.5) is 0 Å². The molecule has 0 aromatic carbocycles. The molecule has 0 saturated carbocycles. The first-order chi connectivity index (χ1) is 9.10. The molecule has 0 saturated heterocycles. The average Bonchev–Trinajstić information content (AvgIpc) is 2.37. The Morgan fingerprint density at radius 1 is 1.68 bits per heavy atom. The van der Waals surface area contributed by atoms with Gasteiger partial charge in [0.05, 0.1) is 12.0 Å². The molecule has 1 N–H and O–H groups in total. The number of carboxylic acids is 1. The monoisotopic (exact) mass is 276 g/mol. The second-order valence-electron chi connectivity index (χ2n) is 4.90. The van der Waals surface area contributed by atoms with Crippen LogP contribution < -0.4 is 0 Å². The van der Waals surface area contributed by atoms with Gasteiger partial charge in [-0.25, -0.2) is 4.98 Å². The van der Waals surface area contributed by atoms with Crippen LogP contribution in [0.1, 0.15) is 36.6 Å². The summed E-state index contributed by atoms with van der Waals surface area (Å²) in [6.45, 7) is 2.21. The minimum atomic E-state index is -0.821. The summed E-state index contributed by atoms with van der Waals surface area (Å²) in [5.41, 5.74) is 2.83. The first-order valence-electron chi connectivity index (χ1n) is 6.37. The zero-order valence-corrected chi connectivity index (χ0v) is 11.7. The first kappa shape index (κ1) is 13.9. The van der Waals surface area contributed by atoms with Crippen molar-refractivity contribution in [3.05, 3.63) is 22.9 Å². The minimum Gasteiger partial charge on any atom is -0.481 e. The first-order valence-corrected chi connectivity index (χ1v) is 7.36. The average molecular weight is 276 g/mol. The van der Waals surface area contributed by atoms with Gasteiger partial charge in [-0.2, -0.15) is 5.26 Å². The van der Waals surface area contributed by atoms with E-state index in [1.165, 1.54) is 17.3 Å². The van der Waals surface area contributed by atoms with Gasteiger partial charge in [0, 0.05) is 11.4 Å². The van der Waals surface area contributed by atoms with Gasteiger partial charge in [0.15, 0.2) is 0 Å². The van der Waals surface area contributed by atoms with Crippen LogP contribution in [0.25, 0.3) is 0 Å². The zero-order chi connectivity index (χ0) is 13.8. The minimum absolute atomic E-state index is 0.0886. The number of carboxylic acid groups (broad SMARTS) is 1. The number of thioether (sulfide) groups is 1. The highest BCUT2D eigenvalue weighted by Crippen LogP contribution is 2.29. The van der Waals surface area contributed by atoms with Crippen molar-refractivity contribution in [2.24, 2.45) is 5.92 Å². The van der Waals surface area contributed by atoms with Gasteiger partial charge in [-0.1, -0.05) is 6.92 Å². The number of rotatable bonds is 4. The molecule has 19 heavy (non-hydrogen) atoms. The summed E-state index contributed by atoms with van der Waals surface area (Å²) in [5.74, 6) is 0.274. The summed E-state index contributed by atoms with van der Waals surface area (Å²) in [7, 11) is 0. The third-order valence-electron chi connectivity index (χ3n) is 3.27. The van der Waals surface area contributed by atoms with Gasteiger partial charge in [0.2, 0.25) is 0 Å². The topological polar surface area (TPSA) is 74.0 Å². The third-order valence-corrected chi connectivity index (χ3v) is 4.27. The molecule has 1 aromatic heterocycles. The van der Waals surface area contributed by atoms with Gasteiger partial charge in [0.25, 0.3) is 0 Å². The molecule has 0 fully saturated rings. The van der Waals surface area contributed by atoms with Crippen LogP contribution in [-0.2, 0) is 17.6 Å². The van der Waals surface area contributed by atoms with Crippen LogP contribution in [0.5, 0.6) is 0 Å². The van der Waals surface area contributed by atoms with E-state index in [1.807, 2.05) is 6.07 Å². The number of fused-ring (bicyclic) bond motifs is 1. The summed E-state index contributed by atoms with van der Waals surface area (Å²) in [4.78, 5) is 15.1. The second-order valence-corrected chi connectivity index (χ2v) is 5.98. The number of pyridine rings is 1. The van der Waals surface area contributed by atoms with E-state index in [0.717, 1.165) is 25.0 Å². The van der Waals surface area contributed by atoms with Crippen molar-refractivity contribution < 1.29 is 9.90 Å². The van der Waals surface area contributed by atoms with Gasteiger partial charge in [-0.3, -0.25) is 4.79 Å². The van der Waals surface area contributed by atoms with Gasteiger partial charge in [-0.05, 0) is 36.8 Å². The number of aromatic nitrogens is 1. The standard InChI is InChI=1S/C14H16N2O2S/c1-9-2-3-12-10(6-9)7-11(8-15)14(16-12)19-5-4-13(17)18/h7,9H,2-6H2,1H3,(H,17,18). The van der Waals surface area contributed by atoms with Gasteiger partial charge >= 0.3 is 5.97 Å². The normalized spacial score (nSPS) is 17.6. The maximum atomic E-state index is 10.5.